The molecular formula is C16H15N5O2. The van der Waals surface area contributed by atoms with Crippen molar-refractivity contribution in [2.75, 3.05) is 11.9 Å². The van der Waals surface area contributed by atoms with Crippen molar-refractivity contribution >= 4 is 22.8 Å². The van der Waals surface area contributed by atoms with Crippen LogP contribution >= 0.6 is 0 Å². The molecule has 4 rings (SSSR count). The molecule has 3 N–H and O–H groups in total. The maximum atomic E-state index is 10.7. The number of hydrogen-bond donors (Lipinski definition) is 3. The van der Waals surface area contributed by atoms with Crippen LogP contribution in [0.3, 0.4) is 0 Å². The summed E-state index contributed by atoms with van der Waals surface area (Å²) in [6.07, 6.45) is 5.76. The first-order valence-electron chi connectivity index (χ1n) is 7.47. The smallest absolute Gasteiger partial charge is 0.322 e. The first kappa shape index (κ1) is 13.7. The topological polar surface area (TPSA) is 104 Å². The fourth-order valence-electron chi connectivity index (χ4n) is 2.63. The van der Waals surface area contributed by atoms with Crippen LogP contribution in [-0.2, 0) is 4.79 Å². The average molecular weight is 309 g/mol. The van der Waals surface area contributed by atoms with Crippen LogP contribution in [0.4, 0.5) is 5.82 Å². The van der Waals surface area contributed by atoms with Gasteiger partial charge in [-0.3, -0.25) is 4.79 Å². The minimum absolute atomic E-state index is 0.185. The van der Waals surface area contributed by atoms with Gasteiger partial charge in [-0.1, -0.05) is 0 Å². The third kappa shape index (κ3) is 2.73. The van der Waals surface area contributed by atoms with E-state index in [2.05, 4.69) is 25.3 Å². The van der Waals surface area contributed by atoms with E-state index in [-0.39, 0.29) is 6.54 Å². The van der Waals surface area contributed by atoms with Crippen molar-refractivity contribution in [2.24, 2.45) is 0 Å². The number of anilines is 1. The molecule has 0 aromatic carbocycles. The number of carboxylic acid groups (broad SMARTS) is 1. The van der Waals surface area contributed by atoms with E-state index in [1.54, 1.807) is 6.33 Å². The molecule has 0 bridgehead atoms. The zero-order valence-corrected chi connectivity index (χ0v) is 12.3. The Labute approximate surface area is 131 Å². The van der Waals surface area contributed by atoms with Crippen molar-refractivity contribution in [2.45, 2.75) is 18.8 Å². The molecule has 7 heteroatoms. The molecule has 23 heavy (non-hydrogen) atoms. The number of H-pyrrole nitrogens is 1. The predicted molar refractivity (Wildman–Crippen MR) is 85.2 cm³/mol. The summed E-state index contributed by atoms with van der Waals surface area (Å²) in [5, 5.41) is 12.6. The minimum Gasteiger partial charge on any atom is -0.480 e. The highest BCUT2D eigenvalue weighted by Crippen LogP contribution is 2.40. The Morgan fingerprint density at radius 1 is 1.35 bits per heavy atom. The third-order valence-electron chi connectivity index (χ3n) is 3.91. The van der Waals surface area contributed by atoms with Gasteiger partial charge in [-0.2, -0.15) is 0 Å². The van der Waals surface area contributed by atoms with E-state index in [0.717, 1.165) is 22.3 Å². The van der Waals surface area contributed by atoms with Crippen molar-refractivity contribution in [3.63, 3.8) is 0 Å². The second-order valence-corrected chi connectivity index (χ2v) is 5.64. The van der Waals surface area contributed by atoms with Crippen molar-refractivity contribution in [1.82, 2.24) is 19.9 Å². The summed E-state index contributed by atoms with van der Waals surface area (Å²) in [6, 6.07) is 5.79. The molecule has 0 saturated heterocycles. The Morgan fingerprint density at radius 3 is 3.00 bits per heavy atom. The summed E-state index contributed by atoms with van der Waals surface area (Å²) in [5.74, 6) is 0.117. The molecule has 116 valence electrons. The molecule has 0 amide bonds. The van der Waals surface area contributed by atoms with Crippen LogP contribution in [-0.4, -0.2) is 37.6 Å². The highest BCUT2D eigenvalue weighted by Gasteiger charge is 2.25. The SMILES string of the molecule is O=C(O)CNc1cc(-c2cc(C3CC3)ncn2)c2cc[nH]c2n1. The van der Waals surface area contributed by atoms with Gasteiger partial charge in [-0.15, -0.1) is 0 Å². The number of aromatic nitrogens is 4. The Morgan fingerprint density at radius 2 is 2.22 bits per heavy atom. The van der Waals surface area contributed by atoms with Crippen LogP contribution in [0.15, 0.2) is 30.7 Å². The van der Waals surface area contributed by atoms with E-state index in [1.807, 2.05) is 24.4 Å². The number of aromatic amines is 1. The standard InChI is InChI=1S/C16H15N5O2/c22-15(23)7-18-14-5-11(10-3-4-17-16(10)21-14)13-6-12(9-1-2-9)19-8-20-13/h3-6,8-9H,1-2,7H2,(H,22,23)(H2,17,18,21). The molecule has 1 aliphatic carbocycles. The highest BCUT2D eigenvalue weighted by molar-refractivity contribution is 5.94. The van der Waals surface area contributed by atoms with Crippen LogP contribution in [0.1, 0.15) is 24.5 Å². The zero-order valence-electron chi connectivity index (χ0n) is 12.3. The van der Waals surface area contributed by atoms with Crippen LogP contribution in [0.25, 0.3) is 22.3 Å². The van der Waals surface area contributed by atoms with Crippen LogP contribution in [0, 0.1) is 0 Å². The number of pyridine rings is 1. The number of nitrogens with zero attached hydrogens (tertiary/aromatic N) is 3. The Kier molecular flexibility index (Phi) is 3.18. The molecule has 1 aliphatic rings. The second-order valence-electron chi connectivity index (χ2n) is 5.64. The fraction of sp³-hybridized carbons (Fsp3) is 0.250. The van der Waals surface area contributed by atoms with Gasteiger partial charge in [0.1, 0.15) is 24.3 Å². The lowest BCUT2D eigenvalue weighted by Gasteiger charge is -2.08. The molecule has 0 aliphatic heterocycles. The summed E-state index contributed by atoms with van der Waals surface area (Å²) in [4.78, 5) is 26.9. The molecule has 0 radical (unpaired) electrons. The molecule has 0 unspecified atom stereocenters. The summed E-state index contributed by atoms with van der Waals surface area (Å²) in [7, 11) is 0. The summed E-state index contributed by atoms with van der Waals surface area (Å²) >= 11 is 0. The van der Waals surface area contributed by atoms with E-state index in [1.165, 1.54) is 12.8 Å². The molecule has 1 fully saturated rings. The summed E-state index contributed by atoms with van der Waals surface area (Å²) in [6.45, 7) is -0.185. The number of aliphatic carboxylic acids is 1. The Bertz CT molecular complexity index is 885. The maximum Gasteiger partial charge on any atom is 0.322 e. The molecular weight excluding hydrogens is 294 g/mol. The quantitative estimate of drug-likeness (QED) is 0.668. The number of nitrogens with one attached hydrogen (secondary N) is 2. The predicted octanol–water partition coefficient (Wildman–Crippen LogP) is 2.39. The van der Waals surface area contributed by atoms with E-state index < -0.39 is 5.97 Å². The summed E-state index contributed by atoms with van der Waals surface area (Å²) in [5.41, 5.74) is 3.50. The normalized spacial score (nSPS) is 14.1. The first-order chi connectivity index (χ1) is 11.2. The first-order valence-corrected chi connectivity index (χ1v) is 7.47. The molecule has 0 atom stereocenters. The number of hydrogen-bond acceptors (Lipinski definition) is 5. The lowest BCUT2D eigenvalue weighted by atomic mass is 10.1. The average Bonchev–Trinajstić information content (AvgIpc) is 3.30. The minimum atomic E-state index is -0.932. The lowest BCUT2D eigenvalue weighted by molar-refractivity contribution is -0.134. The van der Waals surface area contributed by atoms with Gasteiger partial charge in [-0.25, -0.2) is 15.0 Å². The number of rotatable bonds is 5. The van der Waals surface area contributed by atoms with Gasteiger partial charge in [-0.05, 0) is 31.0 Å². The third-order valence-corrected chi connectivity index (χ3v) is 3.91. The molecule has 1 saturated carbocycles. The van der Waals surface area contributed by atoms with E-state index >= 15 is 0 Å². The van der Waals surface area contributed by atoms with Crippen LogP contribution < -0.4 is 5.32 Å². The van der Waals surface area contributed by atoms with Crippen molar-refractivity contribution in [3.05, 3.63) is 36.4 Å². The molecule has 0 spiro atoms. The van der Waals surface area contributed by atoms with E-state index in [0.29, 0.717) is 17.4 Å². The summed E-state index contributed by atoms with van der Waals surface area (Å²) < 4.78 is 0. The monoisotopic (exact) mass is 309 g/mol. The number of carboxylic acids is 1. The van der Waals surface area contributed by atoms with Gasteiger partial charge < -0.3 is 15.4 Å². The van der Waals surface area contributed by atoms with E-state index in [9.17, 15) is 4.79 Å². The van der Waals surface area contributed by atoms with Crippen LogP contribution in [0.5, 0.6) is 0 Å². The van der Waals surface area contributed by atoms with Gasteiger partial charge in [0.2, 0.25) is 0 Å². The molecule has 7 nitrogen and oxygen atoms in total. The molecule has 3 aromatic rings. The maximum absolute atomic E-state index is 10.7. The fourth-order valence-corrected chi connectivity index (χ4v) is 2.63. The van der Waals surface area contributed by atoms with Gasteiger partial charge in [0, 0.05) is 28.8 Å². The highest BCUT2D eigenvalue weighted by atomic mass is 16.4. The number of carbonyl (C=O) groups is 1. The largest absolute Gasteiger partial charge is 0.480 e. The van der Waals surface area contributed by atoms with E-state index in [4.69, 9.17) is 5.11 Å². The van der Waals surface area contributed by atoms with Gasteiger partial charge in [0.05, 0.1) is 5.69 Å². The van der Waals surface area contributed by atoms with Gasteiger partial charge in [0.25, 0.3) is 0 Å². The lowest BCUT2D eigenvalue weighted by Crippen LogP contribution is -2.13. The molecule has 3 heterocycles. The Balaban J connectivity index is 1.79. The van der Waals surface area contributed by atoms with Crippen molar-refractivity contribution in [3.8, 4) is 11.3 Å². The van der Waals surface area contributed by atoms with Gasteiger partial charge >= 0.3 is 5.97 Å². The van der Waals surface area contributed by atoms with Crippen molar-refractivity contribution in [1.29, 1.82) is 0 Å². The Hall–Kier alpha value is -2.96. The molecule has 3 aromatic heterocycles. The van der Waals surface area contributed by atoms with Gasteiger partial charge in [0.15, 0.2) is 0 Å². The van der Waals surface area contributed by atoms with Crippen molar-refractivity contribution < 1.29 is 9.90 Å². The number of fused-ring (bicyclic) bond motifs is 1. The zero-order chi connectivity index (χ0) is 15.8. The van der Waals surface area contributed by atoms with Crippen LogP contribution in [0.2, 0.25) is 0 Å². The second kappa shape index (κ2) is 5.35.